The Kier molecular flexibility index (Phi) is 4.36. The summed E-state index contributed by atoms with van der Waals surface area (Å²) in [6.07, 6.45) is 7.43. The normalized spacial score (nSPS) is 18.4. The Balaban J connectivity index is 1.92. The Labute approximate surface area is 108 Å². The van der Waals surface area contributed by atoms with Gasteiger partial charge in [-0.1, -0.05) is 0 Å². The number of unbranched alkanes of at least 4 members (excludes halogenated alkanes) is 1. The van der Waals surface area contributed by atoms with Crippen molar-refractivity contribution in [2.24, 2.45) is 12.8 Å². The largest absolute Gasteiger partial charge is 0.349 e. The summed E-state index contributed by atoms with van der Waals surface area (Å²) in [6.45, 7) is 0.656. The van der Waals surface area contributed by atoms with E-state index < -0.39 is 0 Å². The average molecular weight is 250 g/mol. The molecule has 0 saturated heterocycles. The SMILES string of the molecule is Cn1ncc2c1CCCC2NC(=O)CCCCN. The third-order valence-corrected chi connectivity index (χ3v) is 3.57. The number of amides is 1. The van der Waals surface area contributed by atoms with Gasteiger partial charge in [0, 0.05) is 24.7 Å². The monoisotopic (exact) mass is 250 g/mol. The molecule has 1 unspecified atom stereocenters. The van der Waals surface area contributed by atoms with Gasteiger partial charge in [0.15, 0.2) is 0 Å². The van der Waals surface area contributed by atoms with E-state index in [2.05, 4.69) is 10.4 Å². The third kappa shape index (κ3) is 2.90. The molecule has 1 aliphatic carbocycles. The van der Waals surface area contributed by atoms with Gasteiger partial charge in [0.2, 0.25) is 5.91 Å². The number of nitrogens with one attached hydrogen (secondary N) is 1. The van der Waals surface area contributed by atoms with Crippen molar-refractivity contribution in [2.45, 2.75) is 44.6 Å². The van der Waals surface area contributed by atoms with Crippen LogP contribution in [0.1, 0.15) is 49.4 Å². The quantitative estimate of drug-likeness (QED) is 0.767. The lowest BCUT2D eigenvalue weighted by molar-refractivity contribution is -0.122. The molecule has 0 aromatic carbocycles. The highest BCUT2D eigenvalue weighted by molar-refractivity contribution is 5.76. The lowest BCUT2D eigenvalue weighted by atomic mass is 9.93. The maximum absolute atomic E-state index is 11.8. The van der Waals surface area contributed by atoms with Crippen molar-refractivity contribution >= 4 is 5.91 Å². The molecule has 0 spiro atoms. The summed E-state index contributed by atoms with van der Waals surface area (Å²) in [7, 11) is 1.96. The van der Waals surface area contributed by atoms with Crippen LogP contribution in [0.5, 0.6) is 0 Å². The summed E-state index contributed by atoms with van der Waals surface area (Å²) in [5.74, 6) is 0.130. The van der Waals surface area contributed by atoms with Crippen molar-refractivity contribution < 1.29 is 4.79 Å². The molecular formula is C13H22N4O. The van der Waals surface area contributed by atoms with Crippen LogP contribution in [0.4, 0.5) is 0 Å². The Hall–Kier alpha value is -1.36. The Morgan fingerprint density at radius 3 is 3.22 bits per heavy atom. The lowest BCUT2D eigenvalue weighted by Gasteiger charge is -2.23. The molecule has 0 bridgehead atoms. The van der Waals surface area contributed by atoms with Crippen molar-refractivity contribution in [2.75, 3.05) is 6.54 Å². The molecule has 1 aromatic heterocycles. The van der Waals surface area contributed by atoms with Gasteiger partial charge in [-0.05, 0) is 38.6 Å². The fourth-order valence-corrected chi connectivity index (χ4v) is 2.55. The van der Waals surface area contributed by atoms with Crippen LogP contribution >= 0.6 is 0 Å². The highest BCUT2D eigenvalue weighted by Crippen LogP contribution is 2.29. The maximum Gasteiger partial charge on any atom is 0.220 e. The zero-order chi connectivity index (χ0) is 13.0. The number of aromatic nitrogens is 2. The van der Waals surface area contributed by atoms with Crippen LogP contribution in [0.2, 0.25) is 0 Å². The Bertz CT molecular complexity index is 413. The lowest BCUT2D eigenvalue weighted by Crippen LogP contribution is -2.30. The second-order valence-electron chi connectivity index (χ2n) is 4.93. The van der Waals surface area contributed by atoms with Gasteiger partial charge >= 0.3 is 0 Å². The topological polar surface area (TPSA) is 72.9 Å². The van der Waals surface area contributed by atoms with E-state index in [9.17, 15) is 4.79 Å². The van der Waals surface area contributed by atoms with Gasteiger partial charge in [0.1, 0.15) is 0 Å². The molecule has 5 nitrogen and oxygen atoms in total. The number of rotatable bonds is 5. The van der Waals surface area contributed by atoms with Crippen molar-refractivity contribution in [1.29, 1.82) is 0 Å². The first-order valence-electron chi connectivity index (χ1n) is 6.72. The molecule has 100 valence electrons. The summed E-state index contributed by atoms with van der Waals surface area (Å²) in [5.41, 5.74) is 7.87. The van der Waals surface area contributed by atoms with Crippen LogP contribution in [0, 0.1) is 0 Å². The first kappa shape index (κ1) is 13.1. The Morgan fingerprint density at radius 1 is 1.61 bits per heavy atom. The molecule has 0 aliphatic heterocycles. The van der Waals surface area contributed by atoms with Crippen LogP contribution < -0.4 is 11.1 Å². The number of carbonyl (C=O) groups excluding carboxylic acids is 1. The maximum atomic E-state index is 11.8. The number of fused-ring (bicyclic) bond motifs is 1. The first-order valence-corrected chi connectivity index (χ1v) is 6.72. The second kappa shape index (κ2) is 6.00. The smallest absolute Gasteiger partial charge is 0.220 e. The van der Waals surface area contributed by atoms with Gasteiger partial charge in [-0.3, -0.25) is 9.48 Å². The number of aryl methyl sites for hydroxylation is 1. The molecule has 1 atom stereocenters. The van der Waals surface area contributed by atoms with Gasteiger partial charge in [0.05, 0.1) is 12.2 Å². The first-order chi connectivity index (χ1) is 8.72. The molecule has 18 heavy (non-hydrogen) atoms. The number of hydrogen-bond acceptors (Lipinski definition) is 3. The number of nitrogens with zero attached hydrogens (tertiary/aromatic N) is 2. The molecule has 1 aromatic rings. The Morgan fingerprint density at radius 2 is 2.44 bits per heavy atom. The van der Waals surface area contributed by atoms with Crippen molar-refractivity contribution in [3.8, 4) is 0 Å². The van der Waals surface area contributed by atoms with Gasteiger partial charge < -0.3 is 11.1 Å². The highest BCUT2D eigenvalue weighted by atomic mass is 16.1. The minimum atomic E-state index is 0.130. The second-order valence-corrected chi connectivity index (χ2v) is 4.93. The van der Waals surface area contributed by atoms with E-state index in [-0.39, 0.29) is 11.9 Å². The van der Waals surface area contributed by atoms with E-state index in [4.69, 9.17) is 5.73 Å². The zero-order valence-corrected chi connectivity index (χ0v) is 11.0. The van der Waals surface area contributed by atoms with E-state index in [0.717, 1.165) is 32.1 Å². The molecule has 0 fully saturated rings. The van der Waals surface area contributed by atoms with E-state index in [1.807, 2.05) is 17.9 Å². The van der Waals surface area contributed by atoms with Crippen LogP contribution in [-0.2, 0) is 18.3 Å². The summed E-state index contributed by atoms with van der Waals surface area (Å²) in [6, 6.07) is 0.146. The molecule has 1 amide bonds. The van der Waals surface area contributed by atoms with Gasteiger partial charge in [-0.2, -0.15) is 5.10 Å². The fraction of sp³-hybridized carbons (Fsp3) is 0.692. The summed E-state index contributed by atoms with van der Waals surface area (Å²) in [5, 5.41) is 7.39. The van der Waals surface area contributed by atoms with E-state index in [1.165, 1.54) is 11.3 Å². The summed E-state index contributed by atoms with van der Waals surface area (Å²) in [4.78, 5) is 11.8. The highest BCUT2D eigenvalue weighted by Gasteiger charge is 2.24. The van der Waals surface area contributed by atoms with Crippen molar-refractivity contribution in [3.63, 3.8) is 0 Å². The van der Waals surface area contributed by atoms with Crippen LogP contribution in [0.25, 0.3) is 0 Å². The van der Waals surface area contributed by atoms with E-state index in [1.54, 1.807) is 0 Å². The minimum Gasteiger partial charge on any atom is -0.349 e. The standard InChI is InChI=1S/C13H22N4O/c1-17-12-6-4-5-11(10(12)9-15-17)16-13(18)7-2-3-8-14/h9,11H,2-8,14H2,1H3,(H,16,18). The molecule has 2 rings (SSSR count). The van der Waals surface area contributed by atoms with Crippen LogP contribution in [0.15, 0.2) is 6.20 Å². The van der Waals surface area contributed by atoms with Gasteiger partial charge in [0.25, 0.3) is 0 Å². The van der Waals surface area contributed by atoms with Crippen LogP contribution in [0.3, 0.4) is 0 Å². The minimum absolute atomic E-state index is 0.130. The van der Waals surface area contributed by atoms with Crippen molar-refractivity contribution in [3.05, 3.63) is 17.5 Å². The zero-order valence-electron chi connectivity index (χ0n) is 11.0. The molecule has 1 aliphatic rings. The fourth-order valence-electron chi connectivity index (χ4n) is 2.55. The molecular weight excluding hydrogens is 228 g/mol. The number of hydrogen-bond donors (Lipinski definition) is 2. The predicted molar refractivity (Wildman–Crippen MR) is 69.9 cm³/mol. The van der Waals surface area contributed by atoms with E-state index in [0.29, 0.717) is 13.0 Å². The predicted octanol–water partition coefficient (Wildman–Crippen LogP) is 1.04. The number of carbonyl (C=O) groups is 1. The number of nitrogens with two attached hydrogens (primary N) is 1. The molecule has 3 N–H and O–H groups in total. The molecule has 1 heterocycles. The summed E-state index contributed by atoms with van der Waals surface area (Å²) < 4.78 is 1.92. The van der Waals surface area contributed by atoms with E-state index >= 15 is 0 Å². The van der Waals surface area contributed by atoms with Crippen molar-refractivity contribution in [1.82, 2.24) is 15.1 Å². The molecule has 0 radical (unpaired) electrons. The summed E-state index contributed by atoms with van der Waals surface area (Å²) >= 11 is 0. The molecule has 0 saturated carbocycles. The van der Waals surface area contributed by atoms with Gasteiger partial charge in [-0.25, -0.2) is 0 Å². The third-order valence-electron chi connectivity index (χ3n) is 3.57. The average Bonchev–Trinajstić information content (AvgIpc) is 2.73. The van der Waals surface area contributed by atoms with Crippen LogP contribution in [-0.4, -0.2) is 22.2 Å². The van der Waals surface area contributed by atoms with Gasteiger partial charge in [-0.15, -0.1) is 0 Å². The molecule has 5 heteroatoms.